The molecule has 5 nitrogen and oxygen atoms in total. The molecular weight excluding hydrogens is 356 g/mol. The maximum absolute atomic E-state index is 11.7. The normalized spacial score (nSPS) is 10.0. The molecule has 7 heteroatoms. The van der Waals surface area contributed by atoms with Gasteiger partial charge >= 0.3 is 0 Å². The largest absolute Gasteiger partial charge is 0.330 e. The minimum atomic E-state index is -0.0568. The first-order chi connectivity index (χ1) is 9.69. The molecule has 0 aliphatic rings. The van der Waals surface area contributed by atoms with Crippen LogP contribution in [0.3, 0.4) is 0 Å². The summed E-state index contributed by atoms with van der Waals surface area (Å²) in [5.41, 5.74) is 6.53. The fraction of sp³-hybridized carbons (Fsp3) is 0.286. The lowest BCUT2D eigenvalue weighted by Gasteiger charge is -2.09. The van der Waals surface area contributed by atoms with Crippen molar-refractivity contribution in [3.8, 4) is 0 Å². The topological polar surface area (TPSA) is 72.9 Å². The molecule has 0 unspecified atom stereocenters. The lowest BCUT2D eigenvalue weighted by atomic mass is 10.2. The predicted octanol–water partition coefficient (Wildman–Crippen LogP) is 2.79. The van der Waals surface area contributed by atoms with Gasteiger partial charge in [0.05, 0.1) is 6.54 Å². The van der Waals surface area contributed by atoms with E-state index in [4.69, 9.17) is 5.73 Å². The van der Waals surface area contributed by atoms with E-state index < -0.39 is 0 Å². The molecule has 0 aliphatic heterocycles. The molecule has 1 amide bonds. The molecule has 0 saturated heterocycles. The Bertz CT molecular complexity index is 571. The number of nitrogens with one attached hydrogen (secondary N) is 1. The average Bonchev–Trinajstić information content (AvgIpc) is 2.86. The lowest BCUT2D eigenvalue weighted by molar-refractivity contribution is -0.116. The van der Waals surface area contributed by atoms with Crippen molar-refractivity contribution in [3.05, 3.63) is 46.7 Å². The van der Waals surface area contributed by atoms with E-state index in [1.54, 1.807) is 6.20 Å². The van der Waals surface area contributed by atoms with Gasteiger partial charge in [0, 0.05) is 23.3 Å². The second-order valence-electron chi connectivity index (χ2n) is 4.45. The van der Waals surface area contributed by atoms with E-state index in [0.717, 1.165) is 10.0 Å². The number of carbonyl (C=O) groups excluding carboxylic acids is 1. The minimum absolute atomic E-state index is 0. The SMILES string of the molecule is Cl.NCCCC(=O)Nc1nccn1Cc1ccc(Br)cc1. The van der Waals surface area contributed by atoms with Gasteiger partial charge in [0.15, 0.2) is 0 Å². The first-order valence-corrected chi connectivity index (χ1v) is 7.24. The zero-order chi connectivity index (χ0) is 14.4. The molecular formula is C14H18BrClN4O. The highest BCUT2D eigenvalue weighted by atomic mass is 79.9. The van der Waals surface area contributed by atoms with Gasteiger partial charge < -0.3 is 10.3 Å². The number of anilines is 1. The highest BCUT2D eigenvalue weighted by Crippen LogP contribution is 2.14. The third-order valence-electron chi connectivity index (χ3n) is 2.84. The van der Waals surface area contributed by atoms with E-state index in [1.165, 1.54) is 0 Å². The number of imidazole rings is 1. The van der Waals surface area contributed by atoms with Gasteiger partial charge in [-0.3, -0.25) is 10.1 Å². The summed E-state index contributed by atoms with van der Waals surface area (Å²) in [7, 11) is 0. The van der Waals surface area contributed by atoms with E-state index in [9.17, 15) is 4.79 Å². The number of carbonyl (C=O) groups is 1. The number of rotatable bonds is 6. The zero-order valence-electron chi connectivity index (χ0n) is 11.5. The average molecular weight is 374 g/mol. The summed E-state index contributed by atoms with van der Waals surface area (Å²) in [6.07, 6.45) is 4.62. The Kier molecular flexibility index (Phi) is 7.42. The van der Waals surface area contributed by atoms with Gasteiger partial charge in [-0.15, -0.1) is 12.4 Å². The van der Waals surface area contributed by atoms with E-state index >= 15 is 0 Å². The second kappa shape index (κ2) is 8.81. The fourth-order valence-corrected chi connectivity index (χ4v) is 2.06. The van der Waals surface area contributed by atoms with E-state index in [2.05, 4.69) is 26.2 Å². The van der Waals surface area contributed by atoms with Crippen molar-refractivity contribution < 1.29 is 4.79 Å². The summed E-state index contributed by atoms with van der Waals surface area (Å²) in [5.74, 6) is 0.508. The molecule has 21 heavy (non-hydrogen) atoms. The number of halogens is 2. The number of nitrogens with two attached hydrogens (primary N) is 1. The standard InChI is InChI=1S/C14H17BrN4O.ClH/c15-12-5-3-11(4-6-12)10-19-9-8-17-14(19)18-13(20)2-1-7-16;/h3-6,8-9H,1-2,7,10,16H2,(H,17,18,20);1H. The first kappa shape index (κ1) is 17.7. The summed E-state index contributed by atoms with van der Waals surface area (Å²) in [6, 6.07) is 8.05. The van der Waals surface area contributed by atoms with Crippen LogP contribution < -0.4 is 11.1 Å². The highest BCUT2D eigenvalue weighted by Gasteiger charge is 2.07. The Morgan fingerprint density at radius 2 is 2.05 bits per heavy atom. The smallest absolute Gasteiger partial charge is 0.226 e. The molecule has 0 atom stereocenters. The zero-order valence-corrected chi connectivity index (χ0v) is 13.9. The number of hydrogen-bond donors (Lipinski definition) is 2. The summed E-state index contributed by atoms with van der Waals surface area (Å²) in [4.78, 5) is 15.9. The number of amides is 1. The van der Waals surface area contributed by atoms with Gasteiger partial charge in [-0.25, -0.2) is 4.98 Å². The van der Waals surface area contributed by atoms with Crippen LogP contribution in [0.25, 0.3) is 0 Å². The first-order valence-electron chi connectivity index (χ1n) is 6.44. The van der Waals surface area contributed by atoms with E-state index in [1.807, 2.05) is 35.0 Å². The maximum atomic E-state index is 11.7. The van der Waals surface area contributed by atoms with Crippen LogP contribution in [-0.2, 0) is 11.3 Å². The molecule has 114 valence electrons. The van der Waals surface area contributed by atoms with Gasteiger partial charge in [-0.1, -0.05) is 28.1 Å². The Morgan fingerprint density at radius 1 is 1.33 bits per heavy atom. The number of hydrogen-bond acceptors (Lipinski definition) is 3. The Labute approximate surface area is 138 Å². The molecule has 1 aromatic heterocycles. The molecule has 0 spiro atoms. The monoisotopic (exact) mass is 372 g/mol. The van der Waals surface area contributed by atoms with Gasteiger partial charge in [-0.2, -0.15) is 0 Å². The number of aromatic nitrogens is 2. The summed E-state index contributed by atoms with van der Waals surface area (Å²) >= 11 is 3.41. The Hall–Kier alpha value is -1.37. The van der Waals surface area contributed by atoms with Crippen LogP contribution >= 0.6 is 28.3 Å². The quantitative estimate of drug-likeness (QED) is 0.818. The number of nitrogens with zero attached hydrogens (tertiary/aromatic N) is 2. The number of benzene rings is 1. The van der Waals surface area contributed by atoms with Crippen LogP contribution in [0.5, 0.6) is 0 Å². The highest BCUT2D eigenvalue weighted by molar-refractivity contribution is 9.10. The van der Waals surface area contributed by atoms with Crippen molar-refractivity contribution in [3.63, 3.8) is 0 Å². The summed E-state index contributed by atoms with van der Waals surface area (Å²) < 4.78 is 2.95. The van der Waals surface area contributed by atoms with Crippen LogP contribution in [-0.4, -0.2) is 22.0 Å². The van der Waals surface area contributed by atoms with E-state index in [0.29, 0.717) is 31.9 Å². The van der Waals surface area contributed by atoms with Crippen molar-refractivity contribution in [1.82, 2.24) is 9.55 Å². The molecule has 0 aliphatic carbocycles. The molecule has 3 N–H and O–H groups in total. The van der Waals surface area contributed by atoms with Crippen molar-refractivity contribution in [2.24, 2.45) is 5.73 Å². The molecule has 0 fully saturated rings. The summed E-state index contributed by atoms with van der Waals surface area (Å²) in [6.45, 7) is 1.18. The third kappa shape index (κ3) is 5.49. The minimum Gasteiger partial charge on any atom is -0.330 e. The van der Waals surface area contributed by atoms with Crippen molar-refractivity contribution in [1.29, 1.82) is 0 Å². The van der Waals surface area contributed by atoms with Gasteiger partial charge in [0.1, 0.15) is 0 Å². The molecule has 1 heterocycles. The summed E-state index contributed by atoms with van der Waals surface area (Å²) in [5, 5.41) is 2.81. The van der Waals surface area contributed by atoms with Gasteiger partial charge in [0.2, 0.25) is 11.9 Å². The van der Waals surface area contributed by atoms with Crippen LogP contribution in [0.1, 0.15) is 18.4 Å². The van der Waals surface area contributed by atoms with Crippen molar-refractivity contribution >= 4 is 40.2 Å². The molecule has 2 rings (SSSR count). The van der Waals surface area contributed by atoms with Crippen LogP contribution in [0, 0.1) is 0 Å². The Morgan fingerprint density at radius 3 is 2.71 bits per heavy atom. The predicted molar refractivity (Wildman–Crippen MR) is 89.6 cm³/mol. The third-order valence-corrected chi connectivity index (χ3v) is 3.37. The Balaban J connectivity index is 0.00000220. The van der Waals surface area contributed by atoms with E-state index in [-0.39, 0.29) is 18.3 Å². The fourth-order valence-electron chi connectivity index (χ4n) is 1.80. The molecule has 2 aromatic rings. The van der Waals surface area contributed by atoms with Gasteiger partial charge in [-0.05, 0) is 30.7 Å². The van der Waals surface area contributed by atoms with Crippen LogP contribution in [0.15, 0.2) is 41.1 Å². The van der Waals surface area contributed by atoms with Crippen molar-refractivity contribution in [2.75, 3.05) is 11.9 Å². The molecule has 0 radical (unpaired) electrons. The van der Waals surface area contributed by atoms with Gasteiger partial charge in [0.25, 0.3) is 0 Å². The van der Waals surface area contributed by atoms with Crippen LogP contribution in [0.2, 0.25) is 0 Å². The van der Waals surface area contributed by atoms with Crippen LogP contribution in [0.4, 0.5) is 5.95 Å². The second-order valence-corrected chi connectivity index (χ2v) is 5.36. The maximum Gasteiger partial charge on any atom is 0.226 e. The molecule has 0 saturated carbocycles. The van der Waals surface area contributed by atoms with Crippen molar-refractivity contribution in [2.45, 2.75) is 19.4 Å². The lowest BCUT2D eigenvalue weighted by Crippen LogP contribution is -2.17. The molecule has 0 bridgehead atoms. The molecule has 1 aromatic carbocycles.